The highest BCUT2D eigenvalue weighted by molar-refractivity contribution is 9.10. The van der Waals surface area contributed by atoms with Gasteiger partial charge in [-0.05, 0) is 39.4 Å². The number of nitrogens with two attached hydrogens (primary N) is 1. The van der Waals surface area contributed by atoms with Gasteiger partial charge in [-0.25, -0.2) is 0 Å². The van der Waals surface area contributed by atoms with Gasteiger partial charge in [0.25, 0.3) is 0 Å². The van der Waals surface area contributed by atoms with Gasteiger partial charge in [-0.1, -0.05) is 30.3 Å². The summed E-state index contributed by atoms with van der Waals surface area (Å²) in [7, 11) is 0. The van der Waals surface area contributed by atoms with Gasteiger partial charge in [0, 0.05) is 28.5 Å². The molecule has 2 aromatic rings. The van der Waals surface area contributed by atoms with Crippen LogP contribution >= 0.6 is 27.3 Å². The van der Waals surface area contributed by atoms with Crippen LogP contribution in [0.3, 0.4) is 0 Å². The van der Waals surface area contributed by atoms with Gasteiger partial charge >= 0.3 is 0 Å². The van der Waals surface area contributed by atoms with Crippen LogP contribution in [0.2, 0.25) is 0 Å². The largest absolute Gasteiger partial charge is 0.326 e. The van der Waals surface area contributed by atoms with Crippen LogP contribution in [0.15, 0.2) is 46.3 Å². The summed E-state index contributed by atoms with van der Waals surface area (Å²) in [5.74, 6) is 0. The van der Waals surface area contributed by atoms with Crippen molar-refractivity contribution in [3.05, 3.63) is 56.7 Å². The number of rotatable bonds is 6. The molecule has 1 aromatic heterocycles. The molecule has 0 amide bonds. The molecule has 1 heterocycles. The van der Waals surface area contributed by atoms with Crippen molar-refractivity contribution < 1.29 is 0 Å². The van der Waals surface area contributed by atoms with Crippen molar-refractivity contribution in [1.29, 1.82) is 0 Å². The summed E-state index contributed by atoms with van der Waals surface area (Å²) in [6, 6.07) is 12.6. The quantitative estimate of drug-likeness (QED) is 0.856. The van der Waals surface area contributed by atoms with Crippen LogP contribution in [0.1, 0.15) is 10.4 Å². The molecule has 1 aromatic carbocycles. The lowest BCUT2D eigenvalue weighted by atomic mass is 10.1. The summed E-state index contributed by atoms with van der Waals surface area (Å²) in [4.78, 5) is 1.32. The van der Waals surface area contributed by atoms with E-state index in [0.29, 0.717) is 0 Å². The molecule has 0 fully saturated rings. The van der Waals surface area contributed by atoms with Crippen LogP contribution in [0, 0.1) is 0 Å². The van der Waals surface area contributed by atoms with Crippen LogP contribution in [0.25, 0.3) is 0 Å². The molecule has 18 heavy (non-hydrogen) atoms. The van der Waals surface area contributed by atoms with Crippen LogP contribution in [0.5, 0.6) is 0 Å². The van der Waals surface area contributed by atoms with Gasteiger partial charge in [-0.2, -0.15) is 0 Å². The van der Waals surface area contributed by atoms with Crippen LogP contribution in [0.4, 0.5) is 0 Å². The summed E-state index contributed by atoms with van der Waals surface area (Å²) in [5, 5.41) is 5.49. The van der Waals surface area contributed by atoms with Gasteiger partial charge in [0.1, 0.15) is 0 Å². The Balaban J connectivity index is 1.72. The lowest BCUT2D eigenvalue weighted by molar-refractivity contribution is 0.575. The van der Waals surface area contributed by atoms with Crippen molar-refractivity contribution in [2.45, 2.75) is 19.0 Å². The number of nitrogens with one attached hydrogen (secondary N) is 1. The summed E-state index contributed by atoms with van der Waals surface area (Å²) in [6.07, 6.45) is 0.916. The minimum atomic E-state index is 0.158. The molecule has 0 aliphatic rings. The average molecular weight is 325 g/mol. The second kappa shape index (κ2) is 7.04. The molecule has 2 nitrogen and oxygen atoms in total. The topological polar surface area (TPSA) is 38.0 Å². The first-order valence-electron chi connectivity index (χ1n) is 5.98. The van der Waals surface area contributed by atoms with Crippen molar-refractivity contribution in [3.63, 3.8) is 0 Å². The van der Waals surface area contributed by atoms with Crippen LogP contribution in [-0.4, -0.2) is 12.6 Å². The fourth-order valence-electron chi connectivity index (χ4n) is 1.81. The van der Waals surface area contributed by atoms with E-state index in [2.05, 4.69) is 57.0 Å². The van der Waals surface area contributed by atoms with E-state index >= 15 is 0 Å². The molecule has 3 N–H and O–H groups in total. The SMILES string of the molecule is NC(CNCc1sccc1Br)Cc1ccccc1. The second-order valence-electron chi connectivity index (χ2n) is 4.27. The van der Waals surface area contributed by atoms with Gasteiger partial charge in [-0.15, -0.1) is 11.3 Å². The van der Waals surface area contributed by atoms with Gasteiger partial charge in [0.05, 0.1) is 0 Å². The molecule has 0 radical (unpaired) electrons. The van der Waals surface area contributed by atoms with E-state index in [9.17, 15) is 0 Å². The zero-order valence-corrected chi connectivity index (χ0v) is 12.5. The predicted octanol–water partition coefficient (Wildman–Crippen LogP) is 3.17. The smallest absolute Gasteiger partial charge is 0.0327 e. The van der Waals surface area contributed by atoms with E-state index in [1.54, 1.807) is 11.3 Å². The Morgan fingerprint density at radius 1 is 1.22 bits per heavy atom. The van der Waals surface area contributed by atoms with Crippen molar-refractivity contribution in [1.82, 2.24) is 5.32 Å². The summed E-state index contributed by atoms with van der Waals surface area (Å²) in [5.41, 5.74) is 7.41. The van der Waals surface area contributed by atoms with Crippen molar-refractivity contribution in [2.24, 2.45) is 5.73 Å². The predicted molar refractivity (Wildman–Crippen MR) is 81.8 cm³/mol. The number of hydrogen-bond acceptors (Lipinski definition) is 3. The highest BCUT2D eigenvalue weighted by Gasteiger charge is 2.05. The van der Waals surface area contributed by atoms with E-state index in [-0.39, 0.29) is 6.04 Å². The molecular formula is C14H17BrN2S. The highest BCUT2D eigenvalue weighted by Crippen LogP contribution is 2.22. The lowest BCUT2D eigenvalue weighted by Crippen LogP contribution is -2.35. The molecule has 0 aliphatic carbocycles. The van der Waals surface area contributed by atoms with Crippen molar-refractivity contribution >= 4 is 27.3 Å². The second-order valence-corrected chi connectivity index (χ2v) is 6.13. The molecular weight excluding hydrogens is 308 g/mol. The molecule has 0 saturated heterocycles. The molecule has 0 saturated carbocycles. The Morgan fingerprint density at radius 3 is 2.67 bits per heavy atom. The van der Waals surface area contributed by atoms with Crippen LogP contribution in [-0.2, 0) is 13.0 Å². The number of hydrogen-bond donors (Lipinski definition) is 2. The van der Waals surface area contributed by atoms with Crippen molar-refractivity contribution in [3.8, 4) is 0 Å². The number of halogens is 1. The molecule has 2 rings (SSSR count). The summed E-state index contributed by atoms with van der Waals surface area (Å²) < 4.78 is 1.18. The molecule has 1 atom stereocenters. The maximum Gasteiger partial charge on any atom is 0.0327 e. The monoisotopic (exact) mass is 324 g/mol. The Bertz CT molecular complexity index is 470. The maximum absolute atomic E-state index is 6.11. The lowest BCUT2D eigenvalue weighted by Gasteiger charge is -2.12. The Morgan fingerprint density at radius 2 is 2.00 bits per heavy atom. The Labute approximate surface area is 120 Å². The van der Waals surface area contributed by atoms with E-state index in [0.717, 1.165) is 19.5 Å². The van der Waals surface area contributed by atoms with E-state index in [4.69, 9.17) is 5.73 Å². The average Bonchev–Trinajstić information content (AvgIpc) is 2.76. The van der Waals surface area contributed by atoms with Gasteiger partial charge in [0.15, 0.2) is 0 Å². The Kier molecular flexibility index (Phi) is 5.38. The number of thiophene rings is 1. The van der Waals surface area contributed by atoms with Gasteiger partial charge in [0.2, 0.25) is 0 Å². The first kappa shape index (κ1) is 13.7. The van der Waals surface area contributed by atoms with Crippen LogP contribution < -0.4 is 11.1 Å². The van der Waals surface area contributed by atoms with Gasteiger partial charge in [-0.3, -0.25) is 0 Å². The fourth-order valence-corrected chi connectivity index (χ4v) is 3.27. The normalized spacial score (nSPS) is 12.6. The Hall–Kier alpha value is -0.680. The molecule has 0 spiro atoms. The number of benzene rings is 1. The van der Waals surface area contributed by atoms with E-state index < -0.39 is 0 Å². The third-order valence-electron chi connectivity index (χ3n) is 2.72. The third-order valence-corrected chi connectivity index (χ3v) is 4.65. The van der Waals surface area contributed by atoms with Crippen molar-refractivity contribution in [2.75, 3.05) is 6.54 Å². The zero-order chi connectivity index (χ0) is 12.8. The third kappa shape index (κ3) is 4.21. The fraction of sp³-hybridized carbons (Fsp3) is 0.286. The minimum Gasteiger partial charge on any atom is -0.326 e. The molecule has 96 valence electrons. The summed E-state index contributed by atoms with van der Waals surface area (Å²) >= 11 is 5.28. The minimum absolute atomic E-state index is 0.158. The van der Waals surface area contributed by atoms with E-state index in [1.165, 1.54) is 14.9 Å². The first-order chi connectivity index (χ1) is 8.75. The molecule has 0 bridgehead atoms. The highest BCUT2D eigenvalue weighted by atomic mass is 79.9. The van der Waals surface area contributed by atoms with Gasteiger partial charge < -0.3 is 11.1 Å². The first-order valence-corrected chi connectivity index (χ1v) is 7.65. The van der Waals surface area contributed by atoms with E-state index in [1.807, 2.05) is 6.07 Å². The molecule has 0 aliphatic heterocycles. The molecule has 1 unspecified atom stereocenters. The zero-order valence-electron chi connectivity index (χ0n) is 10.1. The molecule has 4 heteroatoms. The maximum atomic E-state index is 6.11. The summed E-state index contributed by atoms with van der Waals surface area (Å²) in [6.45, 7) is 1.71. The standard InChI is InChI=1S/C14H17BrN2S/c15-13-6-7-18-14(13)10-17-9-12(16)8-11-4-2-1-3-5-11/h1-7,12,17H,8-10,16H2.